The van der Waals surface area contributed by atoms with Gasteiger partial charge in [0.2, 0.25) is 5.92 Å². The van der Waals surface area contributed by atoms with Gasteiger partial charge in [0.1, 0.15) is 5.60 Å². The van der Waals surface area contributed by atoms with Crippen molar-refractivity contribution in [1.29, 1.82) is 0 Å². The van der Waals surface area contributed by atoms with Crippen molar-refractivity contribution in [3.8, 4) is 0 Å². The van der Waals surface area contributed by atoms with E-state index in [1.807, 2.05) is 20.8 Å². The number of carbonyl (C=O) groups excluding carboxylic acids is 1. The Balaban J connectivity index is 1.96. The number of hydrogen-bond acceptors (Lipinski definition) is 3. The van der Waals surface area contributed by atoms with Gasteiger partial charge in [0.25, 0.3) is 0 Å². The first-order valence-corrected chi connectivity index (χ1v) is 9.24. The van der Waals surface area contributed by atoms with E-state index >= 15 is 0 Å². The molecule has 2 fully saturated rings. The first-order valence-electron chi connectivity index (χ1n) is 9.24. The number of alkyl halides is 2. The molecule has 1 aliphatic carbocycles. The minimum Gasteiger partial charge on any atom is -0.444 e. The summed E-state index contributed by atoms with van der Waals surface area (Å²) in [7, 11) is 0. The second-order valence-electron chi connectivity index (χ2n) is 8.26. The van der Waals surface area contributed by atoms with E-state index in [9.17, 15) is 13.6 Å². The molecule has 0 radical (unpaired) electrons. The van der Waals surface area contributed by atoms with Crippen LogP contribution in [-0.2, 0) is 4.74 Å². The van der Waals surface area contributed by atoms with Gasteiger partial charge in [-0.1, -0.05) is 0 Å². The standard InChI is InChI=1S/C18H32F2N2O2/c1-17(2,3)24-16(23)22(12-8-14-5-4-11-21-13-14)15-6-9-18(19,20)10-7-15/h14-15,21H,4-13H2,1-3H3/t14-/m1/s1. The van der Waals surface area contributed by atoms with Crippen LogP contribution in [0.15, 0.2) is 0 Å². The van der Waals surface area contributed by atoms with Crippen LogP contribution in [0.1, 0.15) is 65.7 Å². The number of nitrogens with one attached hydrogen (secondary N) is 1. The van der Waals surface area contributed by atoms with Crippen molar-refractivity contribution in [2.75, 3.05) is 19.6 Å². The Morgan fingerprint density at radius 3 is 2.46 bits per heavy atom. The molecule has 2 rings (SSSR count). The molecule has 0 unspecified atom stereocenters. The average molecular weight is 346 g/mol. The number of ether oxygens (including phenoxy) is 1. The van der Waals surface area contributed by atoms with Crippen LogP contribution in [-0.4, -0.2) is 48.2 Å². The van der Waals surface area contributed by atoms with Gasteiger partial charge in [-0.15, -0.1) is 0 Å². The summed E-state index contributed by atoms with van der Waals surface area (Å²) in [5, 5.41) is 3.38. The molecule has 0 bridgehead atoms. The van der Waals surface area contributed by atoms with Gasteiger partial charge < -0.3 is 15.0 Å². The number of halogens is 2. The van der Waals surface area contributed by atoms with Crippen LogP contribution < -0.4 is 5.32 Å². The first kappa shape index (κ1) is 19.4. The van der Waals surface area contributed by atoms with Gasteiger partial charge in [0.05, 0.1) is 0 Å². The molecule has 1 N–H and O–H groups in total. The second-order valence-corrected chi connectivity index (χ2v) is 8.26. The molecule has 24 heavy (non-hydrogen) atoms. The number of rotatable bonds is 4. The molecule has 0 aromatic heterocycles. The van der Waals surface area contributed by atoms with Gasteiger partial charge in [-0.05, 0) is 71.9 Å². The van der Waals surface area contributed by atoms with Crippen LogP contribution in [0.25, 0.3) is 0 Å². The third-order valence-electron chi connectivity index (χ3n) is 4.93. The minimum absolute atomic E-state index is 0.129. The smallest absolute Gasteiger partial charge is 0.410 e. The van der Waals surface area contributed by atoms with E-state index < -0.39 is 11.5 Å². The number of nitrogens with zero attached hydrogens (tertiary/aromatic N) is 1. The van der Waals surface area contributed by atoms with Crippen molar-refractivity contribution in [2.45, 2.75) is 83.3 Å². The van der Waals surface area contributed by atoms with Gasteiger partial charge in [-0.3, -0.25) is 0 Å². The lowest BCUT2D eigenvalue weighted by Gasteiger charge is -2.38. The Kier molecular flexibility index (Phi) is 6.46. The average Bonchev–Trinajstić information content (AvgIpc) is 2.48. The molecule has 140 valence electrons. The molecule has 0 spiro atoms. The lowest BCUT2D eigenvalue weighted by Crippen LogP contribution is -2.47. The van der Waals surface area contributed by atoms with E-state index in [0.717, 1.165) is 32.4 Å². The highest BCUT2D eigenvalue weighted by molar-refractivity contribution is 5.68. The fraction of sp³-hybridized carbons (Fsp3) is 0.944. The molecule has 1 saturated carbocycles. The number of amides is 1. The van der Waals surface area contributed by atoms with E-state index in [2.05, 4.69) is 5.32 Å². The minimum atomic E-state index is -2.58. The molecule has 1 atom stereocenters. The highest BCUT2D eigenvalue weighted by atomic mass is 19.3. The third kappa shape index (κ3) is 6.19. The summed E-state index contributed by atoms with van der Waals surface area (Å²) in [4.78, 5) is 14.3. The van der Waals surface area contributed by atoms with E-state index in [-0.39, 0.29) is 25.0 Å². The molecule has 1 amide bonds. The maximum atomic E-state index is 13.4. The fourth-order valence-corrected chi connectivity index (χ4v) is 3.57. The zero-order valence-corrected chi connectivity index (χ0v) is 15.2. The molecular formula is C18H32F2N2O2. The molecule has 1 aliphatic heterocycles. The predicted octanol–water partition coefficient (Wildman–Crippen LogP) is 4.19. The van der Waals surface area contributed by atoms with Gasteiger partial charge in [-0.2, -0.15) is 0 Å². The highest BCUT2D eigenvalue weighted by Crippen LogP contribution is 2.35. The Labute approximate surface area is 144 Å². The molecule has 0 aromatic carbocycles. The maximum absolute atomic E-state index is 13.4. The van der Waals surface area contributed by atoms with Crippen LogP contribution >= 0.6 is 0 Å². The zero-order valence-electron chi connectivity index (χ0n) is 15.2. The summed E-state index contributed by atoms with van der Waals surface area (Å²) in [5.74, 6) is -2.03. The zero-order chi connectivity index (χ0) is 17.8. The molecule has 4 nitrogen and oxygen atoms in total. The summed E-state index contributed by atoms with van der Waals surface area (Å²) in [5.41, 5.74) is -0.569. The second kappa shape index (κ2) is 7.98. The number of hydrogen-bond donors (Lipinski definition) is 1. The van der Waals surface area contributed by atoms with E-state index in [4.69, 9.17) is 4.74 Å². The monoisotopic (exact) mass is 346 g/mol. The third-order valence-corrected chi connectivity index (χ3v) is 4.93. The molecule has 2 aliphatic rings. The van der Waals surface area contributed by atoms with Crippen LogP contribution in [0, 0.1) is 5.92 Å². The Morgan fingerprint density at radius 2 is 1.92 bits per heavy atom. The predicted molar refractivity (Wildman–Crippen MR) is 90.4 cm³/mol. The van der Waals surface area contributed by atoms with Crippen molar-refractivity contribution in [3.05, 3.63) is 0 Å². The molecule has 1 saturated heterocycles. The van der Waals surface area contributed by atoms with Gasteiger partial charge >= 0.3 is 6.09 Å². The summed E-state index contributed by atoms with van der Waals surface area (Å²) < 4.78 is 32.4. The van der Waals surface area contributed by atoms with Gasteiger partial charge in [0, 0.05) is 25.4 Å². The topological polar surface area (TPSA) is 41.6 Å². The molecular weight excluding hydrogens is 314 g/mol. The molecule has 1 heterocycles. The highest BCUT2D eigenvalue weighted by Gasteiger charge is 2.39. The molecule has 6 heteroatoms. The first-order chi connectivity index (χ1) is 11.2. The van der Waals surface area contributed by atoms with Crippen LogP contribution in [0.2, 0.25) is 0 Å². The summed E-state index contributed by atoms with van der Waals surface area (Å²) in [6.45, 7) is 8.14. The van der Waals surface area contributed by atoms with Gasteiger partial charge in [0.15, 0.2) is 0 Å². The van der Waals surface area contributed by atoms with Crippen LogP contribution in [0.3, 0.4) is 0 Å². The SMILES string of the molecule is CC(C)(C)OC(=O)N(CC[C@H]1CCCNC1)C1CCC(F)(F)CC1. The molecule has 0 aromatic rings. The van der Waals surface area contributed by atoms with Crippen LogP contribution in [0.5, 0.6) is 0 Å². The Hall–Kier alpha value is -0.910. The summed E-state index contributed by atoms with van der Waals surface area (Å²) >= 11 is 0. The number of piperidine rings is 1. The Morgan fingerprint density at radius 1 is 1.25 bits per heavy atom. The number of carbonyl (C=O) groups is 1. The van der Waals surface area contributed by atoms with Gasteiger partial charge in [-0.25, -0.2) is 13.6 Å². The summed E-state index contributed by atoms with van der Waals surface area (Å²) in [6.07, 6.45) is 3.30. The Bertz CT molecular complexity index is 408. The van der Waals surface area contributed by atoms with Crippen LogP contribution in [0.4, 0.5) is 13.6 Å². The van der Waals surface area contributed by atoms with Crippen molar-refractivity contribution < 1.29 is 18.3 Å². The normalized spacial score (nSPS) is 25.3. The lowest BCUT2D eigenvalue weighted by atomic mass is 9.90. The van der Waals surface area contributed by atoms with Crippen molar-refractivity contribution in [3.63, 3.8) is 0 Å². The lowest BCUT2D eigenvalue weighted by molar-refractivity contribution is -0.0575. The summed E-state index contributed by atoms with van der Waals surface area (Å²) in [6, 6.07) is -0.129. The largest absolute Gasteiger partial charge is 0.444 e. The van der Waals surface area contributed by atoms with Crippen molar-refractivity contribution in [1.82, 2.24) is 10.2 Å². The maximum Gasteiger partial charge on any atom is 0.410 e. The van der Waals surface area contributed by atoms with Crippen molar-refractivity contribution in [2.24, 2.45) is 5.92 Å². The fourth-order valence-electron chi connectivity index (χ4n) is 3.57. The van der Waals surface area contributed by atoms with Crippen molar-refractivity contribution >= 4 is 6.09 Å². The van der Waals surface area contributed by atoms with E-state index in [1.54, 1.807) is 4.90 Å². The van der Waals surface area contributed by atoms with E-state index in [1.165, 1.54) is 0 Å². The van der Waals surface area contributed by atoms with E-state index in [0.29, 0.717) is 25.3 Å². The quantitative estimate of drug-likeness (QED) is 0.830.